The number of hydrogen-bond donors (Lipinski definition) is 2. The van der Waals surface area contributed by atoms with E-state index in [0.717, 1.165) is 17.3 Å². The summed E-state index contributed by atoms with van der Waals surface area (Å²) < 4.78 is 5.61. The third kappa shape index (κ3) is 3.88. The highest BCUT2D eigenvalue weighted by Gasteiger charge is 2.21. The largest absolute Gasteiger partial charge is 0.495 e. The Balaban J connectivity index is 1.75. The Morgan fingerprint density at radius 2 is 2.26 bits per heavy atom. The van der Waals surface area contributed by atoms with Crippen LogP contribution >= 0.6 is 0 Å². The standard InChI is InChI=1S/C19H27N3O/c1-3-11-22-12-5-6-16(14-22)15-8-9-17(18(13-15)23-2)21-19-7-4-10-20-19/h4,7-10,13,16,20-21H,3,5-6,11-12,14H2,1-2H3. The smallest absolute Gasteiger partial charge is 0.142 e. The van der Waals surface area contributed by atoms with Crippen molar-refractivity contribution in [3.8, 4) is 5.75 Å². The van der Waals surface area contributed by atoms with Gasteiger partial charge in [-0.15, -0.1) is 0 Å². The number of rotatable bonds is 6. The number of aromatic amines is 1. The zero-order valence-corrected chi connectivity index (χ0v) is 14.1. The van der Waals surface area contributed by atoms with Gasteiger partial charge in [0.05, 0.1) is 12.8 Å². The molecule has 2 heterocycles. The molecule has 2 N–H and O–H groups in total. The molecule has 0 bridgehead atoms. The minimum Gasteiger partial charge on any atom is -0.495 e. The Kier molecular flexibility index (Phi) is 5.23. The number of aromatic nitrogens is 1. The number of benzene rings is 1. The topological polar surface area (TPSA) is 40.3 Å². The van der Waals surface area contributed by atoms with Crippen LogP contribution in [0, 0.1) is 0 Å². The molecule has 1 aliphatic heterocycles. The maximum Gasteiger partial charge on any atom is 0.142 e. The fourth-order valence-electron chi connectivity index (χ4n) is 3.47. The molecule has 3 rings (SSSR count). The number of anilines is 2. The second-order valence-corrected chi connectivity index (χ2v) is 6.31. The van der Waals surface area contributed by atoms with E-state index in [0.29, 0.717) is 5.92 Å². The van der Waals surface area contributed by atoms with Gasteiger partial charge in [-0.2, -0.15) is 0 Å². The van der Waals surface area contributed by atoms with E-state index in [1.54, 1.807) is 7.11 Å². The molecule has 4 heteroatoms. The van der Waals surface area contributed by atoms with Gasteiger partial charge in [0.2, 0.25) is 0 Å². The van der Waals surface area contributed by atoms with Gasteiger partial charge >= 0.3 is 0 Å². The predicted octanol–water partition coefficient (Wildman–Crippen LogP) is 4.36. The summed E-state index contributed by atoms with van der Waals surface area (Å²) in [4.78, 5) is 5.75. The summed E-state index contributed by atoms with van der Waals surface area (Å²) in [6.45, 7) is 5.88. The van der Waals surface area contributed by atoms with Crippen molar-refractivity contribution in [3.05, 3.63) is 42.1 Å². The Morgan fingerprint density at radius 1 is 1.35 bits per heavy atom. The second kappa shape index (κ2) is 7.55. The number of methoxy groups -OCH3 is 1. The van der Waals surface area contributed by atoms with Gasteiger partial charge in [-0.25, -0.2) is 0 Å². The van der Waals surface area contributed by atoms with E-state index in [1.165, 1.54) is 44.5 Å². The lowest BCUT2D eigenvalue weighted by molar-refractivity contribution is 0.208. The van der Waals surface area contributed by atoms with Gasteiger partial charge in [0.15, 0.2) is 0 Å². The number of likely N-dealkylation sites (tertiary alicyclic amines) is 1. The Hall–Kier alpha value is -1.94. The van der Waals surface area contributed by atoms with E-state index in [-0.39, 0.29) is 0 Å². The maximum atomic E-state index is 5.61. The predicted molar refractivity (Wildman–Crippen MR) is 95.8 cm³/mol. The Morgan fingerprint density at radius 3 is 3.00 bits per heavy atom. The third-order valence-electron chi connectivity index (χ3n) is 4.61. The number of nitrogens with zero attached hydrogens (tertiary/aromatic N) is 1. The van der Waals surface area contributed by atoms with E-state index in [2.05, 4.69) is 40.3 Å². The Bertz CT molecular complexity index is 607. The highest BCUT2D eigenvalue weighted by Crippen LogP contribution is 2.34. The summed E-state index contributed by atoms with van der Waals surface area (Å²) in [5, 5.41) is 3.37. The molecule has 1 aromatic carbocycles. The lowest BCUT2D eigenvalue weighted by Crippen LogP contribution is -2.34. The molecule has 4 nitrogen and oxygen atoms in total. The molecule has 1 aromatic heterocycles. The van der Waals surface area contributed by atoms with E-state index in [4.69, 9.17) is 4.74 Å². The van der Waals surface area contributed by atoms with Crippen molar-refractivity contribution in [2.24, 2.45) is 0 Å². The van der Waals surface area contributed by atoms with Crippen LogP contribution in [0.2, 0.25) is 0 Å². The van der Waals surface area contributed by atoms with Gasteiger partial charge in [0, 0.05) is 12.7 Å². The normalized spacial score (nSPS) is 18.8. The van der Waals surface area contributed by atoms with Gasteiger partial charge in [-0.05, 0) is 68.1 Å². The van der Waals surface area contributed by atoms with Crippen LogP contribution in [0.4, 0.5) is 11.5 Å². The van der Waals surface area contributed by atoms with Gasteiger partial charge in [-0.1, -0.05) is 13.0 Å². The second-order valence-electron chi connectivity index (χ2n) is 6.31. The van der Waals surface area contributed by atoms with Crippen LogP contribution in [-0.2, 0) is 0 Å². The first kappa shape index (κ1) is 15.9. The van der Waals surface area contributed by atoms with E-state index >= 15 is 0 Å². The number of ether oxygens (including phenoxy) is 1. The molecule has 0 radical (unpaired) electrons. The fraction of sp³-hybridized carbons (Fsp3) is 0.474. The van der Waals surface area contributed by atoms with Crippen LogP contribution in [0.15, 0.2) is 36.5 Å². The highest BCUT2D eigenvalue weighted by molar-refractivity contribution is 5.65. The summed E-state index contributed by atoms with van der Waals surface area (Å²) in [7, 11) is 1.74. The van der Waals surface area contributed by atoms with Crippen molar-refractivity contribution < 1.29 is 4.74 Å². The molecule has 1 atom stereocenters. The summed E-state index contributed by atoms with van der Waals surface area (Å²) in [6.07, 6.45) is 5.70. The summed E-state index contributed by atoms with van der Waals surface area (Å²) in [5.74, 6) is 2.50. The minimum absolute atomic E-state index is 0.615. The molecule has 0 spiro atoms. The van der Waals surface area contributed by atoms with E-state index in [1.807, 2.05) is 18.3 Å². The number of hydrogen-bond acceptors (Lipinski definition) is 3. The zero-order valence-electron chi connectivity index (χ0n) is 14.1. The summed E-state index contributed by atoms with van der Waals surface area (Å²) in [5.41, 5.74) is 2.39. The first-order valence-corrected chi connectivity index (χ1v) is 8.61. The summed E-state index contributed by atoms with van der Waals surface area (Å²) >= 11 is 0. The van der Waals surface area contributed by atoms with Crippen molar-refractivity contribution >= 4 is 11.5 Å². The molecule has 1 saturated heterocycles. The molecule has 23 heavy (non-hydrogen) atoms. The van der Waals surface area contributed by atoms with E-state index < -0.39 is 0 Å². The average molecular weight is 313 g/mol. The average Bonchev–Trinajstić information content (AvgIpc) is 3.09. The third-order valence-corrected chi connectivity index (χ3v) is 4.61. The van der Waals surface area contributed by atoms with Crippen LogP contribution in [0.3, 0.4) is 0 Å². The summed E-state index contributed by atoms with van der Waals surface area (Å²) in [6, 6.07) is 10.6. The van der Waals surface area contributed by atoms with Crippen molar-refractivity contribution in [1.82, 2.24) is 9.88 Å². The SMILES string of the molecule is CCCN1CCCC(c2ccc(Nc3ccc[nH]3)c(OC)c2)C1. The molecule has 2 aromatic rings. The van der Waals surface area contributed by atoms with Crippen LogP contribution in [0.5, 0.6) is 5.75 Å². The molecular weight excluding hydrogens is 286 g/mol. The Labute approximate surface area is 138 Å². The number of nitrogens with one attached hydrogen (secondary N) is 2. The lowest BCUT2D eigenvalue weighted by atomic mass is 9.90. The number of piperidine rings is 1. The van der Waals surface area contributed by atoms with Crippen molar-refractivity contribution in [1.29, 1.82) is 0 Å². The monoisotopic (exact) mass is 313 g/mol. The molecule has 1 aliphatic rings. The van der Waals surface area contributed by atoms with Crippen LogP contribution in [0.1, 0.15) is 37.7 Å². The van der Waals surface area contributed by atoms with Gasteiger partial charge in [0.25, 0.3) is 0 Å². The zero-order chi connectivity index (χ0) is 16.1. The molecule has 1 unspecified atom stereocenters. The van der Waals surface area contributed by atoms with Gasteiger partial charge in [-0.3, -0.25) is 0 Å². The van der Waals surface area contributed by atoms with E-state index in [9.17, 15) is 0 Å². The van der Waals surface area contributed by atoms with Gasteiger partial charge < -0.3 is 19.9 Å². The molecule has 0 amide bonds. The maximum absolute atomic E-state index is 5.61. The van der Waals surface area contributed by atoms with Gasteiger partial charge in [0.1, 0.15) is 11.6 Å². The lowest BCUT2D eigenvalue weighted by Gasteiger charge is -2.33. The number of H-pyrrole nitrogens is 1. The highest BCUT2D eigenvalue weighted by atomic mass is 16.5. The van der Waals surface area contributed by atoms with Crippen molar-refractivity contribution in [2.75, 3.05) is 32.1 Å². The molecule has 124 valence electrons. The van der Waals surface area contributed by atoms with Crippen LogP contribution in [0.25, 0.3) is 0 Å². The molecular formula is C19H27N3O. The molecule has 1 fully saturated rings. The van der Waals surface area contributed by atoms with Crippen molar-refractivity contribution in [3.63, 3.8) is 0 Å². The van der Waals surface area contributed by atoms with Crippen LogP contribution < -0.4 is 10.1 Å². The minimum atomic E-state index is 0.615. The van der Waals surface area contributed by atoms with Crippen molar-refractivity contribution in [2.45, 2.75) is 32.1 Å². The van der Waals surface area contributed by atoms with Crippen LogP contribution in [-0.4, -0.2) is 36.6 Å². The fourth-order valence-corrected chi connectivity index (χ4v) is 3.47. The first-order valence-electron chi connectivity index (χ1n) is 8.61. The molecule has 0 aliphatic carbocycles. The first-order chi connectivity index (χ1) is 11.3. The quantitative estimate of drug-likeness (QED) is 0.832. The molecule has 0 saturated carbocycles.